The Balaban J connectivity index is 2.02. The van der Waals surface area contributed by atoms with E-state index in [1.807, 2.05) is 6.92 Å². The number of nitrogens with one attached hydrogen (secondary N) is 1. The third kappa shape index (κ3) is 2.93. The minimum Gasteiger partial charge on any atom is -0.379 e. The standard InChI is InChI=1S/C12H18N2O/c1-9-6-10(2)13-12(7-9)14-11-4-3-5-15-8-11/h6-7,11H,3-5,8H2,1-2H3,(H,13,14). The first-order valence-corrected chi connectivity index (χ1v) is 5.53. The monoisotopic (exact) mass is 206 g/mol. The van der Waals surface area contributed by atoms with Crippen LogP contribution in [-0.2, 0) is 4.74 Å². The number of anilines is 1. The maximum Gasteiger partial charge on any atom is 0.126 e. The van der Waals surface area contributed by atoms with Crippen molar-refractivity contribution in [2.24, 2.45) is 0 Å². The molecular weight excluding hydrogens is 188 g/mol. The summed E-state index contributed by atoms with van der Waals surface area (Å²) in [5.74, 6) is 0.975. The van der Waals surface area contributed by atoms with Crippen LogP contribution in [0.15, 0.2) is 12.1 Å². The van der Waals surface area contributed by atoms with Gasteiger partial charge >= 0.3 is 0 Å². The molecule has 0 radical (unpaired) electrons. The Morgan fingerprint density at radius 3 is 2.93 bits per heavy atom. The summed E-state index contributed by atoms with van der Waals surface area (Å²) in [7, 11) is 0. The molecule has 0 saturated carbocycles. The molecule has 1 N–H and O–H groups in total. The van der Waals surface area contributed by atoms with E-state index < -0.39 is 0 Å². The van der Waals surface area contributed by atoms with Crippen molar-refractivity contribution in [3.8, 4) is 0 Å². The van der Waals surface area contributed by atoms with E-state index in [9.17, 15) is 0 Å². The Morgan fingerprint density at radius 2 is 2.27 bits per heavy atom. The van der Waals surface area contributed by atoms with Gasteiger partial charge in [0, 0.05) is 12.3 Å². The zero-order chi connectivity index (χ0) is 10.7. The van der Waals surface area contributed by atoms with Gasteiger partial charge in [-0.2, -0.15) is 0 Å². The summed E-state index contributed by atoms with van der Waals surface area (Å²) in [4.78, 5) is 4.46. The van der Waals surface area contributed by atoms with Crippen molar-refractivity contribution in [2.75, 3.05) is 18.5 Å². The van der Waals surface area contributed by atoms with Gasteiger partial charge in [-0.15, -0.1) is 0 Å². The summed E-state index contributed by atoms with van der Waals surface area (Å²) < 4.78 is 5.42. The molecule has 1 aliphatic rings. The Labute approximate surface area is 90.9 Å². The van der Waals surface area contributed by atoms with Crippen molar-refractivity contribution in [3.63, 3.8) is 0 Å². The van der Waals surface area contributed by atoms with Crippen molar-refractivity contribution in [1.29, 1.82) is 0 Å². The van der Waals surface area contributed by atoms with Gasteiger partial charge in [-0.1, -0.05) is 0 Å². The maximum absolute atomic E-state index is 5.42. The lowest BCUT2D eigenvalue weighted by Crippen LogP contribution is -2.30. The minimum absolute atomic E-state index is 0.424. The van der Waals surface area contributed by atoms with Crippen LogP contribution in [-0.4, -0.2) is 24.2 Å². The SMILES string of the molecule is Cc1cc(C)nc(NC2CCCOC2)c1. The highest BCUT2D eigenvalue weighted by Gasteiger charge is 2.13. The number of nitrogens with zero attached hydrogens (tertiary/aromatic N) is 1. The van der Waals surface area contributed by atoms with Crippen LogP contribution in [0, 0.1) is 13.8 Å². The number of aryl methyl sites for hydroxylation is 2. The van der Waals surface area contributed by atoms with Crippen LogP contribution in [0.2, 0.25) is 0 Å². The molecular formula is C12H18N2O. The first-order valence-electron chi connectivity index (χ1n) is 5.53. The topological polar surface area (TPSA) is 34.2 Å². The number of ether oxygens (including phenoxy) is 1. The first-order chi connectivity index (χ1) is 7.24. The highest BCUT2D eigenvalue weighted by molar-refractivity contribution is 5.40. The highest BCUT2D eigenvalue weighted by Crippen LogP contribution is 2.14. The van der Waals surface area contributed by atoms with Gasteiger partial charge in [0.15, 0.2) is 0 Å². The number of rotatable bonds is 2. The molecule has 0 aromatic carbocycles. The third-order valence-electron chi connectivity index (χ3n) is 2.61. The van der Waals surface area contributed by atoms with Crippen molar-refractivity contribution in [1.82, 2.24) is 4.98 Å². The molecule has 1 unspecified atom stereocenters. The van der Waals surface area contributed by atoms with Gasteiger partial charge in [0.2, 0.25) is 0 Å². The summed E-state index contributed by atoms with van der Waals surface area (Å²) in [6.07, 6.45) is 2.32. The van der Waals surface area contributed by atoms with Crippen LogP contribution in [0.5, 0.6) is 0 Å². The van der Waals surface area contributed by atoms with Crippen molar-refractivity contribution in [3.05, 3.63) is 23.4 Å². The molecule has 0 spiro atoms. The number of pyridine rings is 1. The normalized spacial score (nSPS) is 21.3. The van der Waals surface area contributed by atoms with E-state index >= 15 is 0 Å². The second kappa shape index (κ2) is 4.62. The zero-order valence-electron chi connectivity index (χ0n) is 9.42. The van der Waals surface area contributed by atoms with Gasteiger partial charge in [0.25, 0.3) is 0 Å². The van der Waals surface area contributed by atoms with Gasteiger partial charge in [0.1, 0.15) is 5.82 Å². The second-order valence-electron chi connectivity index (χ2n) is 4.23. The van der Waals surface area contributed by atoms with Crippen molar-refractivity contribution < 1.29 is 4.74 Å². The van der Waals surface area contributed by atoms with Crippen LogP contribution < -0.4 is 5.32 Å². The van der Waals surface area contributed by atoms with Crippen LogP contribution >= 0.6 is 0 Å². The summed E-state index contributed by atoms with van der Waals surface area (Å²) in [5.41, 5.74) is 2.32. The lowest BCUT2D eigenvalue weighted by molar-refractivity contribution is 0.0875. The molecule has 1 aliphatic heterocycles. The quantitative estimate of drug-likeness (QED) is 0.806. The molecule has 1 aromatic heterocycles. The molecule has 15 heavy (non-hydrogen) atoms. The van der Waals surface area contributed by atoms with Crippen LogP contribution in [0.1, 0.15) is 24.1 Å². The lowest BCUT2D eigenvalue weighted by Gasteiger charge is -2.23. The number of hydrogen-bond donors (Lipinski definition) is 1. The van der Waals surface area contributed by atoms with Gasteiger partial charge in [-0.3, -0.25) is 0 Å². The summed E-state index contributed by atoms with van der Waals surface area (Å²) in [6.45, 7) is 5.82. The van der Waals surface area contributed by atoms with Crippen molar-refractivity contribution >= 4 is 5.82 Å². The van der Waals surface area contributed by atoms with E-state index in [0.29, 0.717) is 6.04 Å². The predicted molar refractivity (Wildman–Crippen MR) is 61.2 cm³/mol. The lowest BCUT2D eigenvalue weighted by atomic mass is 10.1. The van der Waals surface area contributed by atoms with Gasteiger partial charge < -0.3 is 10.1 Å². The summed E-state index contributed by atoms with van der Waals surface area (Å²) >= 11 is 0. The molecule has 1 saturated heterocycles. The molecule has 0 bridgehead atoms. The van der Waals surface area contributed by atoms with E-state index in [1.54, 1.807) is 0 Å². The molecule has 1 fully saturated rings. The van der Waals surface area contributed by atoms with E-state index in [4.69, 9.17) is 4.74 Å². The fourth-order valence-electron chi connectivity index (χ4n) is 1.98. The largest absolute Gasteiger partial charge is 0.379 e. The highest BCUT2D eigenvalue weighted by atomic mass is 16.5. The number of hydrogen-bond acceptors (Lipinski definition) is 3. The molecule has 82 valence electrons. The molecule has 3 heteroatoms. The Kier molecular flexibility index (Phi) is 3.21. The average molecular weight is 206 g/mol. The third-order valence-corrected chi connectivity index (χ3v) is 2.61. The van der Waals surface area contributed by atoms with E-state index in [0.717, 1.165) is 31.1 Å². The zero-order valence-corrected chi connectivity index (χ0v) is 9.42. The molecule has 3 nitrogen and oxygen atoms in total. The summed E-state index contributed by atoms with van der Waals surface area (Å²) in [5, 5.41) is 3.43. The molecule has 1 aromatic rings. The van der Waals surface area contributed by atoms with E-state index in [1.165, 1.54) is 12.0 Å². The fraction of sp³-hybridized carbons (Fsp3) is 0.583. The maximum atomic E-state index is 5.42. The average Bonchev–Trinajstić information content (AvgIpc) is 2.17. The van der Waals surface area contributed by atoms with Gasteiger partial charge in [0.05, 0.1) is 12.6 Å². The Morgan fingerprint density at radius 1 is 1.40 bits per heavy atom. The fourth-order valence-corrected chi connectivity index (χ4v) is 1.98. The number of aromatic nitrogens is 1. The molecule has 2 heterocycles. The second-order valence-corrected chi connectivity index (χ2v) is 4.23. The first kappa shape index (κ1) is 10.4. The van der Waals surface area contributed by atoms with Crippen LogP contribution in [0.25, 0.3) is 0 Å². The van der Waals surface area contributed by atoms with Gasteiger partial charge in [-0.25, -0.2) is 4.98 Å². The van der Waals surface area contributed by atoms with Crippen LogP contribution in [0.3, 0.4) is 0 Å². The minimum atomic E-state index is 0.424. The molecule has 0 amide bonds. The van der Waals surface area contributed by atoms with Crippen LogP contribution in [0.4, 0.5) is 5.82 Å². The molecule has 0 aliphatic carbocycles. The van der Waals surface area contributed by atoms with Crippen molar-refractivity contribution in [2.45, 2.75) is 32.7 Å². The predicted octanol–water partition coefficient (Wildman–Crippen LogP) is 2.29. The van der Waals surface area contributed by atoms with Gasteiger partial charge in [-0.05, 0) is 44.4 Å². The molecule has 2 rings (SSSR count). The Hall–Kier alpha value is -1.09. The van der Waals surface area contributed by atoms with E-state index in [-0.39, 0.29) is 0 Å². The Bertz CT molecular complexity index is 312. The van der Waals surface area contributed by atoms with E-state index in [2.05, 4.69) is 29.4 Å². The summed E-state index contributed by atoms with van der Waals surface area (Å²) in [6, 6.07) is 4.59. The molecule has 1 atom stereocenters. The smallest absolute Gasteiger partial charge is 0.126 e.